The molecule has 3 rings (SSSR count). The fraction of sp³-hybridized carbons (Fsp3) is 0.238. The van der Waals surface area contributed by atoms with Crippen molar-refractivity contribution < 1.29 is 9.52 Å². The van der Waals surface area contributed by atoms with Crippen LogP contribution in [-0.2, 0) is 0 Å². The molecule has 0 unspecified atom stereocenters. The monoisotopic (exact) mass is 366 g/mol. The number of aromatic nitrogens is 2. The minimum atomic E-state index is 0.0402. The number of thioether (sulfide) groups is 1. The van der Waals surface area contributed by atoms with Gasteiger partial charge < -0.3 is 9.77 Å². The van der Waals surface area contributed by atoms with Crippen LogP contribution < -0.4 is 4.73 Å². The van der Waals surface area contributed by atoms with E-state index in [0.717, 1.165) is 21.7 Å². The van der Waals surface area contributed by atoms with Crippen molar-refractivity contribution in [1.82, 2.24) is 4.57 Å². The number of carbonyl (C=O) groups is 1. The summed E-state index contributed by atoms with van der Waals surface area (Å²) in [5.74, 6) is 0.287. The molecule has 0 saturated heterocycles. The predicted octanol–water partition coefficient (Wildman–Crippen LogP) is 4.32. The third-order valence-electron chi connectivity index (χ3n) is 4.59. The number of aryl methyl sites for hydroxylation is 1. The highest BCUT2D eigenvalue weighted by Gasteiger charge is 2.20. The molecule has 2 heterocycles. The van der Waals surface area contributed by atoms with Gasteiger partial charge in [-0.1, -0.05) is 30.3 Å². The van der Waals surface area contributed by atoms with Gasteiger partial charge in [-0.15, -0.1) is 0 Å². The van der Waals surface area contributed by atoms with E-state index in [2.05, 4.69) is 23.6 Å². The Morgan fingerprint density at radius 1 is 1.15 bits per heavy atom. The number of pyridine rings is 1. The molecule has 0 amide bonds. The van der Waals surface area contributed by atoms with Gasteiger partial charge in [0.2, 0.25) is 0 Å². The lowest BCUT2D eigenvalue weighted by Crippen LogP contribution is -2.28. The van der Waals surface area contributed by atoms with Crippen LogP contribution >= 0.6 is 11.8 Å². The number of Topliss-reactive ketones (excluding diaryl/α,β-unsaturated/α-hetero) is 1. The second-order valence-corrected chi connectivity index (χ2v) is 7.31. The summed E-state index contributed by atoms with van der Waals surface area (Å²) >= 11 is 1.27. The molecule has 26 heavy (non-hydrogen) atoms. The van der Waals surface area contributed by atoms with Crippen LogP contribution in [0.4, 0.5) is 0 Å². The van der Waals surface area contributed by atoms with Gasteiger partial charge in [-0.2, -0.15) is 4.73 Å². The Balaban J connectivity index is 1.81. The molecular formula is C21H22N2O2S. The van der Waals surface area contributed by atoms with Gasteiger partial charge in [-0.05, 0) is 50.2 Å². The van der Waals surface area contributed by atoms with Crippen molar-refractivity contribution in [2.45, 2.75) is 31.8 Å². The van der Waals surface area contributed by atoms with Gasteiger partial charge in [0, 0.05) is 29.1 Å². The molecule has 5 heteroatoms. The molecule has 0 fully saturated rings. The first-order valence-electron chi connectivity index (χ1n) is 8.56. The van der Waals surface area contributed by atoms with Gasteiger partial charge in [-0.25, -0.2) is 0 Å². The van der Waals surface area contributed by atoms with E-state index in [-0.39, 0.29) is 17.6 Å². The third kappa shape index (κ3) is 3.68. The lowest BCUT2D eigenvalue weighted by Gasteiger charge is -2.19. The lowest BCUT2D eigenvalue weighted by atomic mass is 10.1. The van der Waals surface area contributed by atoms with Gasteiger partial charge in [0.1, 0.15) is 0 Å². The van der Waals surface area contributed by atoms with E-state index in [9.17, 15) is 10.0 Å². The van der Waals surface area contributed by atoms with E-state index in [1.54, 1.807) is 18.2 Å². The van der Waals surface area contributed by atoms with Crippen LogP contribution in [0.2, 0.25) is 0 Å². The number of nitrogens with zero attached hydrogens (tertiary/aromatic N) is 2. The lowest BCUT2D eigenvalue weighted by molar-refractivity contribution is -0.645. The summed E-state index contributed by atoms with van der Waals surface area (Å²) in [6, 6.07) is 17.6. The summed E-state index contributed by atoms with van der Waals surface area (Å²) in [5, 5.41) is 12.3. The van der Waals surface area contributed by atoms with Crippen molar-refractivity contribution in [2.75, 3.05) is 5.75 Å². The minimum Gasteiger partial charge on any atom is -0.618 e. The summed E-state index contributed by atoms with van der Waals surface area (Å²) < 4.78 is 2.99. The highest BCUT2D eigenvalue weighted by molar-refractivity contribution is 7.99. The van der Waals surface area contributed by atoms with Gasteiger partial charge in [-0.3, -0.25) is 4.79 Å². The number of hydrogen-bond acceptors (Lipinski definition) is 3. The Morgan fingerprint density at radius 3 is 2.54 bits per heavy atom. The first-order chi connectivity index (χ1) is 12.5. The van der Waals surface area contributed by atoms with E-state index in [1.807, 2.05) is 38.1 Å². The molecule has 134 valence electrons. The van der Waals surface area contributed by atoms with Crippen LogP contribution in [0.3, 0.4) is 0 Å². The van der Waals surface area contributed by atoms with Gasteiger partial charge in [0.15, 0.2) is 12.0 Å². The largest absolute Gasteiger partial charge is 0.618 e. The molecule has 2 aromatic heterocycles. The van der Waals surface area contributed by atoms with Gasteiger partial charge >= 0.3 is 0 Å². The molecule has 3 aromatic rings. The molecule has 0 radical (unpaired) electrons. The van der Waals surface area contributed by atoms with Crippen molar-refractivity contribution in [3.63, 3.8) is 0 Å². The van der Waals surface area contributed by atoms with Crippen molar-refractivity contribution in [3.8, 4) is 0 Å². The normalized spacial score (nSPS) is 12.1. The van der Waals surface area contributed by atoms with E-state index < -0.39 is 0 Å². The van der Waals surface area contributed by atoms with Crippen molar-refractivity contribution in [1.29, 1.82) is 0 Å². The molecule has 0 aliphatic rings. The van der Waals surface area contributed by atoms with Crippen LogP contribution in [0, 0.1) is 19.1 Å². The van der Waals surface area contributed by atoms with Crippen molar-refractivity contribution in [3.05, 3.63) is 88.5 Å². The summed E-state index contributed by atoms with van der Waals surface area (Å²) in [7, 11) is 0. The van der Waals surface area contributed by atoms with Crippen LogP contribution in [0.15, 0.2) is 65.8 Å². The maximum absolute atomic E-state index is 12.7. The Hall–Kier alpha value is -2.53. The fourth-order valence-corrected chi connectivity index (χ4v) is 4.07. The SMILES string of the molecule is Cc1cc(C(=O)CSc2cccc[n+]2[O-])c(C)n1[C@H](C)c1ccccc1. The summed E-state index contributed by atoms with van der Waals surface area (Å²) in [4.78, 5) is 12.7. The molecule has 0 aliphatic carbocycles. The second kappa shape index (κ2) is 7.79. The zero-order valence-electron chi connectivity index (χ0n) is 15.2. The highest BCUT2D eigenvalue weighted by atomic mass is 32.2. The molecular weight excluding hydrogens is 344 g/mol. The molecule has 4 nitrogen and oxygen atoms in total. The minimum absolute atomic E-state index is 0.0402. The molecule has 0 bridgehead atoms. The fourth-order valence-electron chi connectivity index (χ4n) is 3.28. The summed E-state index contributed by atoms with van der Waals surface area (Å²) in [5.41, 5.74) is 3.96. The molecule has 1 atom stereocenters. The number of carbonyl (C=O) groups excluding carboxylic acids is 1. The van der Waals surface area contributed by atoms with Crippen LogP contribution in [0.1, 0.15) is 40.3 Å². The van der Waals surface area contributed by atoms with Gasteiger partial charge in [0.25, 0.3) is 5.03 Å². The average Bonchev–Trinajstić information content (AvgIpc) is 2.95. The van der Waals surface area contributed by atoms with Crippen LogP contribution in [-0.4, -0.2) is 16.1 Å². The van der Waals surface area contributed by atoms with E-state index in [0.29, 0.717) is 5.03 Å². The first-order valence-corrected chi connectivity index (χ1v) is 9.55. The molecule has 0 saturated carbocycles. The number of rotatable bonds is 6. The summed E-state index contributed by atoms with van der Waals surface area (Å²) in [6.45, 7) is 6.16. The zero-order chi connectivity index (χ0) is 18.7. The first kappa shape index (κ1) is 18.3. The predicted molar refractivity (Wildman–Crippen MR) is 105 cm³/mol. The Kier molecular flexibility index (Phi) is 5.47. The van der Waals surface area contributed by atoms with Crippen molar-refractivity contribution in [2.24, 2.45) is 0 Å². The number of hydrogen-bond donors (Lipinski definition) is 0. The number of benzene rings is 1. The summed E-state index contributed by atoms with van der Waals surface area (Å²) in [6.07, 6.45) is 1.44. The van der Waals surface area contributed by atoms with E-state index in [1.165, 1.54) is 23.5 Å². The standard InChI is InChI=1S/C21H22N2O2S/c1-15-13-19(20(24)14-26-21-11-7-8-12-22(21)25)17(3)23(15)16(2)18-9-5-4-6-10-18/h4-13,16H,14H2,1-3H3/t16-/m1/s1. The number of ketones is 1. The Morgan fingerprint density at radius 2 is 1.85 bits per heavy atom. The quantitative estimate of drug-likeness (QED) is 0.282. The van der Waals surface area contributed by atoms with Gasteiger partial charge in [0.05, 0.1) is 11.8 Å². The molecule has 0 spiro atoms. The van der Waals surface area contributed by atoms with Crippen LogP contribution in [0.25, 0.3) is 0 Å². The zero-order valence-corrected chi connectivity index (χ0v) is 16.0. The van der Waals surface area contributed by atoms with E-state index in [4.69, 9.17) is 0 Å². The second-order valence-electron chi connectivity index (χ2n) is 6.32. The highest BCUT2D eigenvalue weighted by Crippen LogP contribution is 2.26. The van der Waals surface area contributed by atoms with Crippen molar-refractivity contribution >= 4 is 17.5 Å². The maximum Gasteiger partial charge on any atom is 0.251 e. The van der Waals surface area contributed by atoms with E-state index >= 15 is 0 Å². The topological polar surface area (TPSA) is 48.9 Å². The Bertz CT molecular complexity index is 919. The maximum atomic E-state index is 12.7. The molecule has 1 aromatic carbocycles. The molecule has 0 N–H and O–H groups in total. The smallest absolute Gasteiger partial charge is 0.251 e. The van der Waals surface area contributed by atoms with Crippen LogP contribution in [0.5, 0.6) is 0 Å². The Labute approximate surface area is 158 Å². The average molecular weight is 366 g/mol. The molecule has 0 aliphatic heterocycles. The third-order valence-corrected chi connectivity index (χ3v) is 5.61.